The molecule has 1 aromatic carbocycles. The van der Waals surface area contributed by atoms with E-state index in [-0.39, 0.29) is 0 Å². The molecule has 1 aliphatic carbocycles. The number of hydrogen-bond donors (Lipinski definition) is 1. The molecule has 2 aromatic rings. The molecule has 7 nitrogen and oxygen atoms in total. The molecule has 1 aromatic heterocycles. The van der Waals surface area contributed by atoms with Gasteiger partial charge in [0.25, 0.3) is 0 Å². The van der Waals surface area contributed by atoms with Crippen LogP contribution in [-0.2, 0) is 4.74 Å². The van der Waals surface area contributed by atoms with Crippen LogP contribution in [0.1, 0.15) is 24.2 Å². The molecule has 0 amide bonds. The lowest BCUT2D eigenvalue weighted by Crippen LogP contribution is -2.37. The Balaban J connectivity index is 1.41. The fraction of sp³-hybridized carbons (Fsp3) is 0.364. The van der Waals surface area contributed by atoms with Gasteiger partial charge in [0, 0.05) is 18.1 Å². The van der Waals surface area contributed by atoms with E-state index in [1.165, 1.54) is 18.4 Å². The summed E-state index contributed by atoms with van der Waals surface area (Å²) in [6, 6.07) is 7.66. The summed E-state index contributed by atoms with van der Waals surface area (Å²) in [7, 11) is 0. The number of benzene rings is 1. The number of hydrogen-bond acceptors (Lipinski definition) is 7. The van der Waals surface area contributed by atoms with Gasteiger partial charge in [-0.05, 0) is 54.2 Å². The third-order valence-electron chi connectivity index (χ3n) is 5.30. The largest absolute Gasteiger partial charge is 0.378 e. The minimum absolute atomic E-state index is 0.504. The molecular weight excluding hydrogens is 400 g/mol. The van der Waals surface area contributed by atoms with Crippen LogP contribution in [0.15, 0.2) is 40.9 Å². The van der Waals surface area contributed by atoms with Crippen molar-refractivity contribution in [2.45, 2.75) is 12.8 Å². The van der Waals surface area contributed by atoms with Crippen molar-refractivity contribution >= 4 is 41.5 Å². The van der Waals surface area contributed by atoms with Crippen molar-refractivity contribution in [1.29, 1.82) is 0 Å². The minimum Gasteiger partial charge on any atom is -0.378 e. The quantitative estimate of drug-likeness (QED) is 0.791. The average Bonchev–Trinajstić information content (AvgIpc) is 3.52. The molecule has 1 saturated heterocycles. The first-order valence-electron chi connectivity index (χ1n) is 10.3. The zero-order valence-electron chi connectivity index (χ0n) is 16.6. The summed E-state index contributed by atoms with van der Waals surface area (Å²) in [6.07, 6.45) is 8.52. The van der Waals surface area contributed by atoms with Gasteiger partial charge in [0.15, 0.2) is 5.82 Å². The second-order valence-electron chi connectivity index (χ2n) is 7.62. The first-order valence-corrected chi connectivity index (χ1v) is 10.6. The molecule has 30 heavy (non-hydrogen) atoms. The third-order valence-corrected chi connectivity index (χ3v) is 5.54. The number of nitrogens with zero attached hydrogens (tertiary/aromatic N) is 5. The van der Waals surface area contributed by atoms with Crippen LogP contribution in [0.3, 0.4) is 0 Å². The highest BCUT2D eigenvalue weighted by Gasteiger charge is 2.28. The minimum atomic E-state index is 0.504. The summed E-state index contributed by atoms with van der Waals surface area (Å²) in [5.41, 5.74) is 2.39. The van der Waals surface area contributed by atoms with Gasteiger partial charge >= 0.3 is 0 Å². The maximum Gasteiger partial charge on any atom is 0.233 e. The number of morpholine rings is 1. The zero-order chi connectivity index (χ0) is 20.3. The van der Waals surface area contributed by atoms with Gasteiger partial charge in [0.1, 0.15) is 5.84 Å². The lowest BCUT2D eigenvalue weighted by molar-refractivity contribution is 0.122. The molecule has 1 N–H and O–H groups in total. The number of rotatable bonds is 5. The van der Waals surface area contributed by atoms with Crippen LogP contribution in [-0.4, -0.2) is 53.6 Å². The molecule has 2 aliphatic heterocycles. The molecule has 0 bridgehead atoms. The normalized spacial score (nSPS) is 19.2. The van der Waals surface area contributed by atoms with Crippen molar-refractivity contribution < 1.29 is 4.74 Å². The third kappa shape index (κ3) is 4.68. The molecule has 5 rings (SSSR count). The smallest absolute Gasteiger partial charge is 0.233 e. The van der Waals surface area contributed by atoms with E-state index in [0.717, 1.165) is 31.0 Å². The summed E-state index contributed by atoms with van der Waals surface area (Å²) < 4.78 is 5.46. The standard InChI is InChI=1S/C22H23ClN6O/c23-18-3-1-2-15(12-18)4-7-19-25-21(26-20-13-17(14-24-20)16-5-6-16)28-22(27-19)29-8-10-30-11-9-29/h1-4,7,12-13,16H,5-6,8-11,14H2,(H,24,25,26,27,28)/b7-4+. The second-order valence-corrected chi connectivity index (χ2v) is 8.06. The highest BCUT2D eigenvalue weighted by molar-refractivity contribution is 6.30. The van der Waals surface area contributed by atoms with Gasteiger partial charge < -0.3 is 15.0 Å². The predicted molar refractivity (Wildman–Crippen MR) is 120 cm³/mol. The Morgan fingerprint density at radius 2 is 1.97 bits per heavy atom. The molecule has 0 spiro atoms. The van der Waals surface area contributed by atoms with Crippen LogP contribution in [0.5, 0.6) is 0 Å². The molecular formula is C22H23ClN6O. The van der Waals surface area contributed by atoms with E-state index in [0.29, 0.717) is 41.9 Å². The fourth-order valence-electron chi connectivity index (χ4n) is 3.53. The number of ether oxygens (including phenoxy) is 1. The van der Waals surface area contributed by atoms with E-state index in [2.05, 4.69) is 36.2 Å². The van der Waals surface area contributed by atoms with E-state index in [1.807, 2.05) is 36.4 Å². The Morgan fingerprint density at radius 1 is 1.10 bits per heavy atom. The number of anilines is 2. The van der Waals surface area contributed by atoms with Crippen LogP contribution in [0.4, 0.5) is 11.9 Å². The van der Waals surface area contributed by atoms with Crippen molar-refractivity contribution in [1.82, 2.24) is 15.0 Å². The second kappa shape index (κ2) is 8.53. The van der Waals surface area contributed by atoms with Gasteiger partial charge in [-0.1, -0.05) is 29.8 Å². The Kier molecular flexibility index (Phi) is 5.46. The van der Waals surface area contributed by atoms with Crippen molar-refractivity contribution in [3.8, 4) is 0 Å². The Hall–Kier alpha value is -2.77. The number of aliphatic imine (C=N–C) groups is 1. The number of aromatic nitrogens is 3. The average molecular weight is 423 g/mol. The molecule has 8 heteroatoms. The molecule has 0 radical (unpaired) electrons. The lowest BCUT2D eigenvalue weighted by Gasteiger charge is -2.27. The summed E-state index contributed by atoms with van der Waals surface area (Å²) >= 11 is 6.09. The van der Waals surface area contributed by atoms with Crippen LogP contribution in [0.25, 0.3) is 12.2 Å². The first-order chi connectivity index (χ1) is 14.7. The topological polar surface area (TPSA) is 75.5 Å². The van der Waals surface area contributed by atoms with Crippen molar-refractivity contribution in [2.24, 2.45) is 10.9 Å². The molecule has 0 atom stereocenters. The molecule has 3 aliphatic rings. The van der Waals surface area contributed by atoms with E-state index >= 15 is 0 Å². The first kappa shape index (κ1) is 19.2. The summed E-state index contributed by atoms with van der Waals surface area (Å²) in [4.78, 5) is 20.6. The van der Waals surface area contributed by atoms with E-state index in [1.54, 1.807) is 0 Å². The van der Waals surface area contributed by atoms with Crippen molar-refractivity contribution in [3.63, 3.8) is 0 Å². The molecule has 0 unspecified atom stereocenters. The number of nitrogens with one attached hydrogen (secondary N) is 1. The van der Waals surface area contributed by atoms with Gasteiger partial charge in [-0.3, -0.25) is 4.99 Å². The van der Waals surface area contributed by atoms with Crippen molar-refractivity contribution in [3.05, 3.63) is 52.3 Å². The van der Waals surface area contributed by atoms with Gasteiger partial charge in [-0.15, -0.1) is 0 Å². The fourth-order valence-corrected chi connectivity index (χ4v) is 3.73. The summed E-state index contributed by atoms with van der Waals surface area (Å²) in [5.74, 6) is 3.27. The van der Waals surface area contributed by atoms with Gasteiger partial charge in [-0.2, -0.15) is 15.0 Å². The van der Waals surface area contributed by atoms with Crippen LogP contribution < -0.4 is 10.2 Å². The number of halogens is 1. The van der Waals surface area contributed by atoms with Gasteiger partial charge in [0.05, 0.1) is 19.8 Å². The maximum atomic E-state index is 6.09. The van der Waals surface area contributed by atoms with E-state index in [9.17, 15) is 0 Å². The van der Waals surface area contributed by atoms with Crippen LogP contribution >= 0.6 is 11.6 Å². The monoisotopic (exact) mass is 422 g/mol. The molecule has 3 heterocycles. The molecule has 154 valence electrons. The van der Waals surface area contributed by atoms with Crippen molar-refractivity contribution in [2.75, 3.05) is 43.1 Å². The maximum absolute atomic E-state index is 6.09. The Bertz CT molecular complexity index is 1020. The summed E-state index contributed by atoms with van der Waals surface area (Å²) in [5, 5.41) is 3.98. The number of amidine groups is 1. The summed E-state index contributed by atoms with van der Waals surface area (Å²) in [6.45, 7) is 3.63. The lowest BCUT2D eigenvalue weighted by atomic mass is 10.2. The zero-order valence-corrected chi connectivity index (χ0v) is 17.3. The Labute approximate surface area is 180 Å². The highest BCUT2D eigenvalue weighted by Crippen LogP contribution is 2.37. The van der Waals surface area contributed by atoms with E-state index < -0.39 is 0 Å². The van der Waals surface area contributed by atoms with Crippen LogP contribution in [0, 0.1) is 5.92 Å². The van der Waals surface area contributed by atoms with E-state index in [4.69, 9.17) is 16.3 Å². The van der Waals surface area contributed by atoms with Gasteiger partial charge in [0.2, 0.25) is 11.9 Å². The highest BCUT2D eigenvalue weighted by atomic mass is 35.5. The molecule has 1 saturated carbocycles. The van der Waals surface area contributed by atoms with Gasteiger partial charge in [-0.25, -0.2) is 0 Å². The van der Waals surface area contributed by atoms with Crippen LogP contribution in [0.2, 0.25) is 5.02 Å². The SMILES string of the molecule is Clc1cccc(/C=C/c2nc(NC3=NCC(C4CC4)=C3)nc(N3CCOCC3)n2)c1. The predicted octanol–water partition coefficient (Wildman–Crippen LogP) is 3.69. The molecule has 2 fully saturated rings. The Morgan fingerprint density at radius 3 is 2.77 bits per heavy atom.